The summed E-state index contributed by atoms with van der Waals surface area (Å²) in [4.78, 5) is 39.7. The maximum absolute atomic E-state index is 13.3. The van der Waals surface area contributed by atoms with E-state index in [4.69, 9.17) is 25.8 Å². The van der Waals surface area contributed by atoms with Gasteiger partial charge in [0.2, 0.25) is 0 Å². The van der Waals surface area contributed by atoms with Gasteiger partial charge in [-0.15, -0.1) is 0 Å². The monoisotopic (exact) mass is 507 g/mol. The Bertz CT molecular complexity index is 1360. The maximum Gasteiger partial charge on any atom is 0.337 e. The summed E-state index contributed by atoms with van der Waals surface area (Å²) in [6.07, 6.45) is 0. The number of nitrogens with zero attached hydrogens (tertiary/aromatic N) is 1. The van der Waals surface area contributed by atoms with Gasteiger partial charge < -0.3 is 19.3 Å². The summed E-state index contributed by atoms with van der Waals surface area (Å²) in [5.41, 5.74) is 1.35. The lowest BCUT2D eigenvalue weighted by Gasteiger charge is -2.25. The summed E-state index contributed by atoms with van der Waals surface area (Å²) < 4.78 is 15.1. The minimum atomic E-state index is -0.958. The Balaban J connectivity index is 1.89. The first-order valence-electron chi connectivity index (χ1n) is 10.8. The van der Waals surface area contributed by atoms with Gasteiger partial charge in [0, 0.05) is 11.3 Å². The third-order valence-corrected chi connectivity index (χ3v) is 6.16. The van der Waals surface area contributed by atoms with Crippen LogP contribution in [0.5, 0.6) is 11.5 Å². The van der Waals surface area contributed by atoms with Crippen LogP contribution in [0.2, 0.25) is 5.02 Å². The van der Waals surface area contributed by atoms with E-state index in [0.29, 0.717) is 22.7 Å². The van der Waals surface area contributed by atoms with E-state index in [1.165, 1.54) is 56.6 Å². The number of esters is 1. The molecule has 1 fully saturated rings. The molecule has 4 rings (SSSR count). The Morgan fingerprint density at radius 3 is 2.08 bits per heavy atom. The van der Waals surface area contributed by atoms with Crippen molar-refractivity contribution in [1.29, 1.82) is 0 Å². The number of aliphatic hydroxyl groups is 1. The quantitative estimate of drug-likeness (QED) is 0.222. The molecule has 3 aromatic rings. The highest BCUT2D eigenvalue weighted by Gasteiger charge is 2.47. The predicted octanol–water partition coefficient (Wildman–Crippen LogP) is 4.77. The number of halogens is 1. The van der Waals surface area contributed by atoms with E-state index in [-0.39, 0.29) is 27.5 Å². The van der Waals surface area contributed by atoms with Crippen LogP contribution in [0.25, 0.3) is 5.76 Å². The summed E-state index contributed by atoms with van der Waals surface area (Å²) in [5, 5.41) is 11.5. The minimum Gasteiger partial charge on any atom is -0.507 e. The lowest BCUT2D eigenvalue weighted by Crippen LogP contribution is -2.29. The number of methoxy groups -OCH3 is 3. The fourth-order valence-electron chi connectivity index (χ4n) is 4.05. The Kier molecular flexibility index (Phi) is 6.98. The topological polar surface area (TPSA) is 102 Å². The molecule has 1 saturated heterocycles. The third-order valence-electron chi connectivity index (χ3n) is 5.87. The Labute approximate surface area is 212 Å². The fourth-order valence-corrected chi connectivity index (χ4v) is 4.30. The molecule has 1 aliphatic heterocycles. The highest BCUT2D eigenvalue weighted by molar-refractivity contribution is 6.51. The van der Waals surface area contributed by atoms with Gasteiger partial charge in [-0.2, -0.15) is 0 Å². The Morgan fingerprint density at radius 1 is 0.889 bits per heavy atom. The van der Waals surface area contributed by atoms with Crippen LogP contribution >= 0.6 is 11.6 Å². The molecular weight excluding hydrogens is 486 g/mol. The standard InChI is InChI=1S/C27H22ClNO7/c1-34-19-11-6-15(7-12-19)23-22(24(30)17-8-13-21(35-2)20(28)14-17)25(31)26(32)29(23)18-9-4-16(5-10-18)27(33)36-3/h4-14,23,30H,1-3H3/b24-22-. The number of benzene rings is 3. The van der Waals surface area contributed by atoms with Crippen LogP contribution in [0.15, 0.2) is 72.3 Å². The van der Waals surface area contributed by atoms with Gasteiger partial charge >= 0.3 is 5.97 Å². The van der Waals surface area contributed by atoms with Crippen LogP contribution in [-0.4, -0.2) is 44.1 Å². The van der Waals surface area contributed by atoms with Crippen LogP contribution < -0.4 is 14.4 Å². The second kappa shape index (κ2) is 10.1. The van der Waals surface area contributed by atoms with E-state index < -0.39 is 23.7 Å². The van der Waals surface area contributed by atoms with Crippen molar-refractivity contribution in [3.8, 4) is 11.5 Å². The number of carbonyl (C=O) groups is 3. The van der Waals surface area contributed by atoms with Gasteiger partial charge in [0.1, 0.15) is 17.3 Å². The number of ether oxygens (including phenoxy) is 3. The van der Waals surface area contributed by atoms with Crippen LogP contribution in [0.1, 0.15) is 27.5 Å². The highest BCUT2D eigenvalue weighted by Crippen LogP contribution is 2.43. The molecule has 1 atom stereocenters. The molecule has 1 heterocycles. The summed E-state index contributed by atoms with van der Waals surface area (Å²) in [5.74, 6) is -1.63. The second-order valence-electron chi connectivity index (χ2n) is 7.83. The minimum absolute atomic E-state index is 0.108. The van der Waals surface area contributed by atoms with Gasteiger partial charge in [-0.1, -0.05) is 23.7 Å². The molecule has 36 heavy (non-hydrogen) atoms. The van der Waals surface area contributed by atoms with Crippen LogP contribution in [-0.2, 0) is 14.3 Å². The van der Waals surface area contributed by atoms with Crippen LogP contribution in [0.3, 0.4) is 0 Å². The summed E-state index contributed by atoms with van der Waals surface area (Å²) in [6, 6.07) is 16.5. The van der Waals surface area contributed by atoms with Crippen molar-refractivity contribution < 1.29 is 33.7 Å². The lowest BCUT2D eigenvalue weighted by molar-refractivity contribution is -0.132. The van der Waals surface area contributed by atoms with Crippen molar-refractivity contribution in [2.24, 2.45) is 0 Å². The molecule has 0 spiro atoms. The van der Waals surface area contributed by atoms with E-state index in [0.717, 1.165) is 0 Å². The van der Waals surface area contributed by atoms with Crippen molar-refractivity contribution in [1.82, 2.24) is 0 Å². The summed E-state index contributed by atoms with van der Waals surface area (Å²) in [7, 11) is 4.25. The van der Waals surface area contributed by atoms with Crippen molar-refractivity contribution in [2.75, 3.05) is 26.2 Å². The number of Topliss-reactive ketones (excluding diaryl/α,β-unsaturated/α-hetero) is 1. The largest absolute Gasteiger partial charge is 0.507 e. The zero-order valence-corrected chi connectivity index (χ0v) is 20.4. The first-order chi connectivity index (χ1) is 17.3. The summed E-state index contributed by atoms with van der Waals surface area (Å²) in [6.45, 7) is 0. The van der Waals surface area contributed by atoms with Crippen molar-refractivity contribution >= 4 is 40.7 Å². The molecule has 1 unspecified atom stereocenters. The molecule has 0 aliphatic carbocycles. The zero-order chi connectivity index (χ0) is 26.0. The number of ketones is 1. The van der Waals surface area contributed by atoms with Gasteiger partial charge in [-0.05, 0) is 60.2 Å². The Hall–Kier alpha value is -4.30. The number of aliphatic hydroxyl groups excluding tert-OH is 1. The molecule has 0 aromatic heterocycles. The number of hydrogen-bond acceptors (Lipinski definition) is 7. The van der Waals surface area contributed by atoms with E-state index in [2.05, 4.69) is 0 Å². The van der Waals surface area contributed by atoms with Crippen LogP contribution in [0.4, 0.5) is 5.69 Å². The molecule has 8 nitrogen and oxygen atoms in total. The smallest absolute Gasteiger partial charge is 0.337 e. The highest BCUT2D eigenvalue weighted by atomic mass is 35.5. The first kappa shape index (κ1) is 24.8. The number of amides is 1. The molecule has 0 bridgehead atoms. The number of anilines is 1. The van der Waals surface area contributed by atoms with Crippen molar-refractivity contribution in [3.05, 3.63) is 94.0 Å². The van der Waals surface area contributed by atoms with Gasteiger partial charge in [-0.3, -0.25) is 14.5 Å². The van der Waals surface area contributed by atoms with E-state index >= 15 is 0 Å². The van der Waals surface area contributed by atoms with Gasteiger partial charge in [0.15, 0.2) is 0 Å². The van der Waals surface area contributed by atoms with Crippen molar-refractivity contribution in [2.45, 2.75) is 6.04 Å². The number of carbonyl (C=O) groups excluding carboxylic acids is 3. The molecule has 0 radical (unpaired) electrons. The average Bonchev–Trinajstić information content (AvgIpc) is 3.17. The van der Waals surface area contributed by atoms with E-state index in [9.17, 15) is 19.5 Å². The molecular formula is C27H22ClNO7. The van der Waals surface area contributed by atoms with E-state index in [1.807, 2.05) is 0 Å². The molecule has 184 valence electrons. The normalized spacial score (nSPS) is 16.7. The van der Waals surface area contributed by atoms with Gasteiger partial charge in [0.05, 0.1) is 43.5 Å². The number of rotatable bonds is 6. The maximum atomic E-state index is 13.3. The molecule has 9 heteroatoms. The molecule has 0 saturated carbocycles. The molecule has 1 amide bonds. The summed E-state index contributed by atoms with van der Waals surface area (Å²) >= 11 is 6.24. The molecule has 1 aliphatic rings. The second-order valence-corrected chi connectivity index (χ2v) is 8.24. The van der Waals surface area contributed by atoms with Crippen molar-refractivity contribution in [3.63, 3.8) is 0 Å². The average molecular weight is 508 g/mol. The van der Waals surface area contributed by atoms with E-state index in [1.54, 1.807) is 36.4 Å². The first-order valence-corrected chi connectivity index (χ1v) is 11.2. The lowest BCUT2D eigenvalue weighted by atomic mass is 9.95. The SMILES string of the molecule is COC(=O)c1ccc(N2C(=O)C(=O)/C(=C(\O)c3ccc(OC)c(Cl)c3)C2c2ccc(OC)cc2)cc1. The Morgan fingerprint density at radius 2 is 1.53 bits per heavy atom. The van der Waals surface area contributed by atoms with Gasteiger partial charge in [0.25, 0.3) is 11.7 Å². The number of hydrogen-bond donors (Lipinski definition) is 1. The molecule has 1 N–H and O–H groups in total. The predicted molar refractivity (Wildman–Crippen MR) is 134 cm³/mol. The van der Waals surface area contributed by atoms with Crippen LogP contribution in [0, 0.1) is 0 Å². The fraction of sp³-hybridized carbons (Fsp3) is 0.148. The van der Waals surface area contributed by atoms with Gasteiger partial charge in [-0.25, -0.2) is 4.79 Å². The molecule has 3 aromatic carbocycles. The third kappa shape index (κ3) is 4.38. The zero-order valence-electron chi connectivity index (χ0n) is 19.7.